The van der Waals surface area contributed by atoms with Gasteiger partial charge in [0.2, 0.25) is 0 Å². The van der Waals surface area contributed by atoms with E-state index < -0.39 is 12.3 Å². The van der Waals surface area contributed by atoms with Gasteiger partial charge in [-0.1, -0.05) is 6.92 Å². The number of aromatic nitrogens is 3. The Bertz CT molecular complexity index is 1020. The number of halogens is 1. The van der Waals surface area contributed by atoms with Crippen molar-refractivity contribution in [3.63, 3.8) is 0 Å². The first-order valence-corrected chi connectivity index (χ1v) is 13.0. The zero-order valence-electron chi connectivity index (χ0n) is 19.6. The fourth-order valence-corrected chi connectivity index (χ4v) is 8.88. The monoisotopic (exact) mass is 453 g/mol. The molecule has 2 heterocycles. The minimum atomic E-state index is -1.07. The van der Waals surface area contributed by atoms with Gasteiger partial charge in [-0.25, -0.2) is 4.39 Å². The van der Waals surface area contributed by atoms with Gasteiger partial charge >= 0.3 is 0 Å². The van der Waals surface area contributed by atoms with Gasteiger partial charge in [0.25, 0.3) is 0 Å². The minimum absolute atomic E-state index is 0.0908. The number of nitrogens with zero attached hydrogens (tertiary/aromatic N) is 3. The van der Waals surface area contributed by atoms with E-state index in [0.29, 0.717) is 54.8 Å². The summed E-state index contributed by atoms with van der Waals surface area (Å²) in [7, 11) is 0. The first kappa shape index (κ1) is 21.7. The summed E-state index contributed by atoms with van der Waals surface area (Å²) < 4.78 is 15.2. The number of hydrogen-bond donors (Lipinski definition) is 1. The first-order valence-electron chi connectivity index (χ1n) is 13.0. The van der Waals surface area contributed by atoms with E-state index in [1.165, 1.54) is 12.8 Å². The molecule has 4 aliphatic rings. The molecule has 8 atom stereocenters. The Labute approximate surface area is 195 Å². The van der Waals surface area contributed by atoms with Crippen LogP contribution in [0.1, 0.15) is 64.7 Å². The second-order valence-electron chi connectivity index (χ2n) is 11.9. The lowest BCUT2D eigenvalue weighted by Gasteiger charge is -2.56. The number of ketones is 1. The van der Waals surface area contributed by atoms with Crippen molar-refractivity contribution in [2.45, 2.75) is 76.9 Å². The smallest absolute Gasteiger partial charge is 0.157 e. The summed E-state index contributed by atoms with van der Waals surface area (Å²) in [5, 5.41) is 16.1. The third-order valence-electron chi connectivity index (χ3n) is 10.4. The normalized spacial score (nSPS) is 42.5. The predicted molar refractivity (Wildman–Crippen MR) is 124 cm³/mol. The highest BCUT2D eigenvalue weighted by Crippen LogP contribution is 2.64. The van der Waals surface area contributed by atoms with Crippen LogP contribution in [0.3, 0.4) is 0 Å². The van der Waals surface area contributed by atoms with Gasteiger partial charge in [0.1, 0.15) is 12.2 Å². The maximum atomic E-state index is 13.5. The van der Waals surface area contributed by atoms with Crippen LogP contribution >= 0.6 is 0 Å². The van der Waals surface area contributed by atoms with Gasteiger partial charge in [-0.2, -0.15) is 5.10 Å². The van der Waals surface area contributed by atoms with Crippen molar-refractivity contribution in [2.75, 3.05) is 6.67 Å². The molecular weight excluding hydrogens is 417 g/mol. The molecule has 6 rings (SSSR count). The van der Waals surface area contributed by atoms with Crippen LogP contribution in [0.2, 0.25) is 0 Å². The first-order chi connectivity index (χ1) is 15.9. The third kappa shape index (κ3) is 3.46. The molecule has 0 saturated heterocycles. The molecule has 2 aromatic heterocycles. The van der Waals surface area contributed by atoms with Gasteiger partial charge in [0.05, 0.1) is 18.3 Å². The molecule has 0 amide bonds. The van der Waals surface area contributed by atoms with Gasteiger partial charge in [-0.05, 0) is 98.9 Å². The molecular formula is C27H36FN3O2. The van der Waals surface area contributed by atoms with Crippen LogP contribution in [-0.4, -0.2) is 37.9 Å². The number of carbonyl (C=O) groups excluding carboxylic acids is 1. The van der Waals surface area contributed by atoms with Crippen molar-refractivity contribution in [2.24, 2.45) is 40.9 Å². The van der Waals surface area contributed by atoms with E-state index in [9.17, 15) is 14.3 Å². The molecule has 33 heavy (non-hydrogen) atoms. The number of carbonyl (C=O) groups is 1. The van der Waals surface area contributed by atoms with E-state index in [1.54, 1.807) is 17.1 Å². The Morgan fingerprint density at radius 3 is 2.82 bits per heavy atom. The SMILES string of the molecule is C[C@]12CC[C@H]3C(CC[C@H]4C[C@@](O)(CF)CC[C@@H]43)[C@@H]1CC[C@@H]2C(=O)Cn1cc2ccncc2n1. The number of alkyl halides is 1. The number of hydrogen-bond acceptors (Lipinski definition) is 4. The second kappa shape index (κ2) is 7.86. The Morgan fingerprint density at radius 2 is 2.00 bits per heavy atom. The van der Waals surface area contributed by atoms with Crippen LogP contribution in [0.15, 0.2) is 24.7 Å². The van der Waals surface area contributed by atoms with Crippen molar-refractivity contribution >= 4 is 16.7 Å². The van der Waals surface area contributed by atoms with Gasteiger partial charge < -0.3 is 5.11 Å². The summed E-state index contributed by atoms with van der Waals surface area (Å²) in [6.07, 6.45) is 14.5. The van der Waals surface area contributed by atoms with Crippen LogP contribution in [0.4, 0.5) is 4.39 Å². The standard InChI is InChI=1S/C27H36FN3O2/c1-26-9-6-20-19-7-10-27(33,16-28)12-17(19)2-3-21(20)22(26)4-5-23(26)25(32)15-31-14-18-8-11-29-13-24(18)30-31/h8,11,13-14,17,19-23,33H,2-7,9-10,12,15-16H2,1H3/t17-,19-,20+,21?,22-,23+,26-,27+/m0/s1. The lowest BCUT2D eigenvalue weighted by molar-refractivity contribution is -0.134. The summed E-state index contributed by atoms with van der Waals surface area (Å²) in [5.41, 5.74) is -0.145. The maximum absolute atomic E-state index is 13.5. The summed E-state index contributed by atoms with van der Waals surface area (Å²) in [5.74, 6) is 3.58. The number of fused-ring (bicyclic) bond motifs is 6. The molecule has 178 valence electrons. The minimum Gasteiger partial charge on any atom is -0.387 e. The van der Waals surface area contributed by atoms with E-state index in [1.807, 2.05) is 12.3 Å². The van der Waals surface area contributed by atoms with E-state index in [0.717, 1.165) is 43.0 Å². The molecule has 1 unspecified atom stereocenters. The number of aliphatic hydroxyl groups is 1. The van der Waals surface area contributed by atoms with Crippen LogP contribution in [0, 0.1) is 40.9 Å². The van der Waals surface area contributed by atoms with E-state index in [2.05, 4.69) is 17.0 Å². The fraction of sp³-hybridized carbons (Fsp3) is 0.741. The molecule has 5 nitrogen and oxygen atoms in total. The van der Waals surface area contributed by atoms with E-state index in [-0.39, 0.29) is 11.3 Å². The van der Waals surface area contributed by atoms with Crippen molar-refractivity contribution in [3.05, 3.63) is 24.7 Å². The van der Waals surface area contributed by atoms with Gasteiger partial charge in [0, 0.05) is 23.7 Å². The Morgan fingerprint density at radius 1 is 1.15 bits per heavy atom. The molecule has 0 aromatic carbocycles. The van der Waals surface area contributed by atoms with Gasteiger partial charge in [0.15, 0.2) is 5.78 Å². The molecule has 0 bridgehead atoms. The number of rotatable bonds is 4. The molecule has 0 spiro atoms. The van der Waals surface area contributed by atoms with Crippen molar-refractivity contribution < 1.29 is 14.3 Å². The largest absolute Gasteiger partial charge is 0.387 e. The lowest BCUT2D eigenvalue weighted by atomic mass is 9.49. The number of pyridine rings is 1. The summed E-state index contributed by atoms with van der Waals surface area (Å²) in [6, 6.07) is 1.94. The highest BCUT2D eigenvalue weighted by Gasteiger charge is 2.59. The quantitative estimate of drug-likeness (QED) is 0.710. The summed E-state index contributed by atoms with van der Waals surface area (Å²) in [6.45, 7) is 2.14. The van der Waals surface area contributed by atoms with Crippen molar-refractivity contribution in [3.8, 4) is 0 Å². The summed E-state index contributed by atoms with van der Waals surface area (Å²) >= 11 is 0. The van der Waals surface area contributed by atoms with Crippen LogP contribution in [0.5, 0.6) is 0 Å². The van der Waals surface area contributed by atoms with Crippen molar-refractivity contribution in [1.82, 2.24) is 14.8 Å². The van der Waals surface area contributed by atoms with Crippen molar-refractivity contribution in [1.29, 1.82) is 0 Å². The average Bonchev–Trinajstić information content (AvgIpc) is 3.38. The zero-order chi connectivity index (χ0) is 22.8. The van der Waals surface area contributed by atoms with E-state index >= 15 is 0 Å². The molecule has 0 aliphatic heterocycles. The highest BCUT2D eigenvalue weighted by atomic mass is 19.1. The Kier molecular flexibility index (Phi) is 5.17. The zero-order valence-corrected chi connectivity index (χ0v) is 19.6. The lowest BCUT2D eigenvalue weighted by Crippen LogP contribution is -2.52. The molecule has 2 aromatic rings. The van der Waals surface area contributed by atoms with Gasteiger partial charge in [-0.3, -0.25) is 14.5 Å². The van der Waals surface area contributed by atoms with Gasteiger partial charge in [-0.15, -0.1) is 0 Å². The molecule has 4 aliphatic carbocycles. The summed E-state index contributed by atoms with van der Waals surface area (Å²) in [4.78, 5) is 17.6. The Balaban J connectivity index is 1.17. The molecule has 4 saturated carbocycles. The average molecular weight is 454 g/mol. The topological polar surface area (TPSA) is 68.0 Å². The number of Topliss-reactive ketones (excluding diaryl/α,β-unsaturated/α-hetero) is 1. The Hall–Kier alpha value is -1.82. The fourth-order valence-electron chi connectivity index (χ4n) is 8.88. The van der Waals surface area contributed by atoms with E-state index in [4.69, 9.17) is 0 Å². The predicted octanol–water partition coefficient (Wildman–Crippen LogP) is 4.97. The molecule has 6 heteroatoms. The van der Waals surface area contributed by atoms with Crippen LogP contribution in [-0.2, 0) is 11.3 Å². The molecule has 1 N–H and O–H groups in total. The maximum Gasteiger partial charge on any atom is 0.157 e. The highest BCUT2D eigenvalue weighted by molar-refractivity contribution is 5.83. The molecule has 4 fully saturated rings. The molecule has 0 radical (unpaired) electrons. The van der Waals surface area contributed by atoms with Crippen LogP contribution in [0.25, 0.3) is 10.9 Å². The second-order valence-corrected chi connectivity index (χ2v) is 11.9. The third-order valence-corrected chi connectivity index (χ3v) is 10.4. The van der Waals surface area contributed by atoms with Crippen LogP contribution < -0.4 is 0 Å².